The van der Waals surface area contributed by atoms with E-state index in [4.69, 9.17) is 9.47 Å². The average Bonchev–Trinajstić information content (AvgIpc) is 3.28. The Morgan fingerprint density at radius 3 is 2.47 bits per heavy atom. The fraction of sp³-hybridized carbons (Fsp3) is 0.871. The highest BCUT2D eigenvalue weighted by Gasteiger charge is 2.66. The Morgan fingerprint density at radius 2 is 1.79 bits per heavy atom. The Kier molecular flexibility index (Phi) is 6.02. The summed E-state index contributed by atoms with van der Waals surface area (Å²) >= 11 is 0. The van der Waals surface area contributed by atoms with Crippen molar-refractivity contribution in [2.24, 2.45) is 45.3 Å². The van der Waals surface area contributed by atoms with Crippen LogP contribution in [-0.4, -0.2) is 30.7 Å². The molecule has 0 amide bonds. The van der Waals surface area contributed by atoms with Gasteiger partial charge in [0.1, 0.15) is 0 Å². The lowest BCUT2D eigenvalue weighted by molar-refractivity contribution is -0.150. The van der Waals surface area contributed by atoms with E-state index in [9.17, 15) is 5.11 Å². The molecule has 0 aromatic carbocycles. The predicted molar refractivity (Wildman–Crippen MR) is 138 cm³/mol. The Balaban J connectivity index is 1.47. The second-order valence-corrected chi connectivity index (χ2v) is 14.2. The van der Waals surface area contributed by atoms with Crippen molar-refractivity contribution in [3.63, 3.8) is 0 Å². The van der Waals surface area contributed by atoms with Gasteiger partial charge in [-0.1, -0.05) is 57.9 Å². The van der Waals surface area contributed by atoms with E-state index in [-0.39, 0.29) is 29.3 Å². The van der Waals surface area contributed by atoms with E-state index in [1.807, 2.05) is 7.11 Å². The minimum absolute atomic E-state index is 0.00169. The number of ether oxygens (including phenoxy) is 2. The van der Waals surface area contributed by atoms with Crippen molar-refractivity contribution in [3.8, 4) is 0 Å². The average molecular weight is 471 g/mol. The number of methoxy groups -OCH3 is 1. The van der Waals surface area contributed by atoms with Crippen molar-refractivity contribution in [2.75, 3.05) is 7.11 Å². The van der Waals surface area contributed by atoms with Gasteiger partial charge in [-0.05, 0) is 105 Å². The van der Waals surface area contributed by atoms with E-state index >= 15 is 0 Å². The number of allylic oxidation sites excluding steroid dienone is 3. The van der Waals surface area contributed by atoms with Crippen molar-refractivity contribution in [3.05, 3.63) is 23.3 Å². The fourth-order valence-corrected chi connectivity index (χ4v) is 10.2. The van der Waals surface area contributed by atoms with Gasteiger partial charge in [-0.25, -0.2) is 0 Å². The molecule has 1 heterocycles. The minimum Gasteiger partial charge on any atom is -0.393 e. The lowest BCUT2D eigenvalue weighted by atomic mass is 9.41. The van der Waals surface area contributed by atoms with Crippen molar-refractivity contribution in [1.29, 1.82) is 0 Å². The summed E-state index contributed by atoms with van der Waals surface area (Å²) in [4.78, 5) is 0. The van der Waals surface area contributed by atoms with Gasteiger partial charge >= 0.3 is 0 Å². The quantitative estimate of drug-likeness (QED) is 0.440. The summed E-state index contributed by atoms with van der Waals surface area (Å²) in [6.07, 6.45) is 14.5. The molecule has 1 N–H and O–H groups in total. The third kappa shape index (κ3) is 3.32. The van der Waals surface area contributed by atoms with Crippen LogP contribution in [0.2, 0.25) is 0 Å². The summed E-state index contributed by atoms with van der Waals surface area (Å²) < 4.78 is 12.3. The van der Waals surface area contributed by atoms with Crippen LogP contribution in [-0.2, 0) is 9.47 Å². The van der Waals surface area contributed by atoms with E-state index in [0.717, 1.165) is 19.3 Å². The van der Waals surface area contributed by atoms with Crippen LogP contribution in [0.4, 0.5) is 0 Å². The van der Waals surface area contributed by atoms with E-state index in [2.05, 4.69) is 60.6 Å². The molecule has 34 heavy (non-hydrogen) atoms. The zero-order valence-corrected chi connectivity index (χ0v) is 23.1. The third-order valence-electron chi connectivity index (χ3n) is 12.3. The second-order valence-electron chi connectivity index (χ2n) is 14.2. The zero-order valence-electron chi connectivity index (χ0n) is 23.1. The third-order valence-corrected chi connectivity index (χ3v) is 12.3. The molecule has 5 aliphatic rings. The molecule has 5 rings (SSSR count). The van der Waals surface area contributed by atoms with E-state index in [1.165, 1.54) is 37.7 Å². The SMILES string of the molecule is CO[C@H]1O[C@H](C=C(C)C)C[C@@H]1[C@@H]1CC[C@@]2(C)C3=CC[C@H]4C(C)(C)[C@H](O)CC[C@]4(C)[C@H]3CC[C@@]12C. The maximum Gasteiger partial charge on any atom is 0.161 e. The summed E-state index contributed by atoms with van der Waals surface area (Å²) in [6, 6.07) is 0. The first-order chi connectivity index (χ1) is 15.9. The Bertz CT molecular complexity index is 868. The van der Waals surface area contributed by atoms with Crippen molar-refractivity contribution < 1.29 is 14.6 Å². The van der Waals surface area contributed by atoms with Crippen LogP contribution < -0.4 is 0 Å². The highest BCUT2D eigenvalue weighted by Crippen LogP contribution is 2.73. The van der Waals surface area contributed by atoms with Gasteiger partial charge in [0.2, 0.25) is 0 Å². The van der Waals surface area contributed by atoms with Gasteiger partial charge in [0.15, 0.2) is 6.29 Å². The Hall–Kier alpha value is -0.640. The number of hydrogen-bond acceptors (Lipinski definition) is 3. The van der Waals surface area contributed by atoms with Crippen molar-refractivity contribution >= 4 is 0 Å². The van der Waals surface area contributed by atoms with E-state index in [1.54, 1.807) is 5.57 Å². The normalized spacial score (nSPS) is 51.8. The van der Waals surface area contributed by atoms with Crippen LogP contribution in [0.25, 0.3) is 0 Å². The molecule has 0 radical (unpaired) electrons. The molecule has 0 unspecified atom stereocenters. The van der Waals surface area contributed by atoms with Crippen LogP contribution in [0.3, 0.4) is 0 Å². The standard InChI is InChI=1S/C31H50O3/c1-19(2)17-20-18-21(27(33-8)34-20)22-11-15-31(7)24-9-10-25-28(3,4)26(32)13-14-29(25,5)23(24)12-16-30(22,31)6/h9,17,20-23,25-27,32H,10-16,18H2,1-8H3/t20-,21-,22+,23+,25+,26-,27+,29-,30+,31+/m1/s1. The maximum absolute atomic E-state index is 10.9. The molecule has 4 fully saturated rings. The number of aliphatic hydroxyl groups excluding tert-OH is 1. The number of aliphatic hydroxyl groups is 1. The summed E-state index contributed by atoms with van der Waals surface area (Å²) in [5.74, 6) is 2.38. The summed E-state index contributed by atoms with van der Waals surface area (Å²) in [7, 11) is 1.83. The number of fused-ring (bicyclic) bond motifs is 5. The van der Waals surface area contributed by atoms with Gasteiger partial charge in [-0.15, -0.1) is 0 Å². The molecule has 4 aliphatic carbocycles. The van der Waals surface area contributed by atoms with E-state index in [0.29, 0.717) is 34.5 Å². The number of rotatable bonds is 3. The van der Waals surface area contributed by atoms with E-state index < -0.39 is 0 Å². The molecule has 192 valence electrons. The van der Waals surface area contributed by atoms with Crippen LogP contribution in [0.1, 0.15) is 99.8 Å². The first-order valence-corrected chi connectivity index (χ1v) is 14.1. The van der Waals surface area contributed by atoms with Crippen LogP contribution >= 0.6 is 0 Å². The molecule has 3 heteroatoms. The molecule has 3 saturated carbocycles. The highest BCUT2D eigenvalue weighted by molar-refractivity contribution is 5.33. The van der Waals surface area contributed by atoms with Gasteiger partial charge in [-0.2, -0.15) is 0 Å². The molecule has 0 spiro atoms. The molecule has 0 aromatic rings. The number of hydrogen-bond donors (Lipinski definition) is 1. The second kappa shape index (κ2) is 8.18. The van der Waals surface area contributed by atoms with Gasteiger partial charge in [0.05, 0.1) is 12.2 Å². The molecular formula is C31H50O3. The van der Waals surface area contributed by atoms with Gasteiger partial charge in [-0.3, -0.25) is 0 Å². The summed E-state index contributed by atoms with van der Waals surface area (Å²) in [6.45, 7) is 16.8. The van der Waals surface area contributed by atoms with Crippen molar-refractivity contribution in [2.45, 2.75) is 118 Å². The lowest BCUT2D eigenvalue weighted by Crippen LogP contribution is -2.58. The highest BCUT2D eigenvalue weighted by atomic mass is 16.7. The van der Waals surface area contributed by atoms with Gasteiger partial charge in [0, 0.05) is 13.0 Å². The Labute approximate surface area is 208 Å². The molecule has 1 saturated heterocycles. The van der Waals surface area contributed by atoms with Crippen LogP contribution in [0.15, 0.2) is 23.3 Å². The smallest absolute Gasteiger partial charge is 0.161 e. The molecular weight excluding hydrogens is 420 g/mol. The topological polar surface area (TPSA) is 38.7 Å². The molecule has 3 nitrogen and oxygen atoms in total. The molecule has 1 aliphatic heterocycles. The minimum atomic E-state index is -0.164. The van der Waals surface area contributed by atoms with Crippen LogP contribution in [0.5, 0.6) is 0 Å². The zero-order chi connectivity index (χ0) is 24.7. The first kappa shape index (κ1) is 25.0. The van der Waals surface area contributed by atoms with Crippen molar-refractivity contribution in [1.82, 2.24) is 0 Å². The van der Waals surface area contributed by atoms with Crippen LogP contribution in [0, 0.1) is 45.3 Å². The maximum atomic E-state index is 10.9. The Morgan fingerprint density at radius 1 is 1.06 bits per heavy atom. The molecule has 0 bridgehead atoms. The fourth-order valence-electron chi connectivity index (χ4n) is 10.2. The summed E-state index contributed by atoms with van der Waals surface area (Å²) in [5, 5.41) is 10.9. The molecule has 10 atom stereocenters. The monoisotopic (exact) mass is 470 g/mol. The lowest BCUT2D eigenvalue weighted by Gasteiger charge is -2.64. The molecule has 0 aromatic heterocycles. The summed E-state index contributed by atoms with van der Waals surface area (Å²) in [5.41, 5.74) is 3.99. The van der Waals surface area contributed by atoms with Gasteiger partial charge in [0.25, 0.3) is 0 Å². The predicted octanol–water partition coefficient (Wildman–Crippen LogP) is 7.30. The largest absolute Gasteiger partial charge is 0.393 e. The first-order valence-electron chi connectivity index (χ1n) is 14.1. The van der Waals surface area contributed by atoms with Gasteiger partial charge < -0.3 is 14.6 Å².